The van der Waals surface area contributed by atoms with Gasteiger partial charge in [-0.25, -0.2) is 14.8 Å². The summed E-state index contributed by atoms with van der Waals surface area (Å²) in [6, 6.07) is 27.0. The number of nitrogens with zero attached hydrogens (tertiary/aromatic N) is 5. The molecule has 2 saturated heterocycles. The number of imidazole rings is 1. The van der Waals surface area contributed by atoms with Gasteiger partial charge in [-0.3, -0.25) is 4.79 Å². The zero-order valence-corrected chi connectivity index (χ0v) is 30.1. The van der Waals surface area contributed by atoms with E-state index in [4.69, 9.17) is 37.9 Å². The summed E-state index contributed by atoms with van der Waals surface area (Å²) < 4.78 is 7.41. The zero-order chi connectivity index (χ0) is 35.8. The van der Waals surface area contributed by atoms with Crippen LogP contribution in [0.3, 0.4) is 0 Å². The Hall–Kier alpha value is -5.32. The number of pyridine rings is 1. The summed E-state index contributed by atoms with van der Waals surface area (Å²) in [6.45, 7) is 4.68. The highest BCUT2D eigenvalue weighted by atomic mass is 35.5. The van der Waals surface area contributed by atoms with E-state index in [-0.39, 0.29) is 24.1 Å². The fraction of sp³-hybridized carbons (Fsp3) is 0.250. The SMILES string of the molecule is C[C@@H](c1ccc(Cl)cc1)n1cnc(-c2ccccc2)c1-c1c(C(=O)Nc2cccnc2N2CCC(N3CCCOC3=O)CC2)[nH]c2cc(Cl)ccc12. The Bertz CT molecular complexity index is 2250. The van der Waals surface area contributed by atoms with Gasteiger partial charge in [-0.2, -0.15) is 0 Å². The minimum absolute atomic E-state index is 0.116. The molecule has 2 fully saturated rings. The Balaban J connectivity index is 1.18. The van der Waals surface area contributed by atoms with Crippen molar-refractivity contribution >= 4 is 57.6 Å². The van der Waals surface area contributed by atoms with Gasteiger partial charge in [0.05, 0.1) is 36.1 Å². The van der Waals surface area contributed by atoms with E-state index in [1.165, 1.54) is 0 Å². The Morgan fingerprint density at radius 2 is 1.71 bits per heavy atom. The second-order valence-corrected chi connectivity index (χ2v) is 14.1. The smallest absolute Gasteiger partial charge is 0.410 e. The first kappa shape index (κ1) is 33.8. The van der Waals surface area contributed by atoms with Gasteiger partial charge in [-0.05, 0) is 68.1 Å². The highest BCUT2D eigenvalue weighted by Crippen LogP contribution is 2.42. The Morgan fingerprint density at radius 1 is 0.942 bits per heavy atom. The Labute approximate surface area is 311 Å². The molecular formula is C40H37Cl2N7O3. The van der Waals surface area contributed by atoms with Gasteiger partial charge >= 0.3 is 6.09 Å². The molecule has 6 aromatic rings. The van der Waals surface area contributed by atoms with Crippen LogP contribution in [0.15, 0.2) is 97.5 Å². The molecule has 5 heterocycles. The van der Waals surface area contributed by atoms with Crippen LogP contribution in [0.4, 0.5) is 16.3 Å². The summed E-state index contributed by atoms with van der Waals surface area (Å²) in [7, 11) is 0. The molecule has 2 aliphatic heterocycles. The number of hydrogen-bond donors (Lipinski definition) is 2. The highest BCUT2D eigenvalue weighted by Gasteiger charge is 2.32. The van der Waals surface area contributed by atoms with Crippen molar-refractivity contribution < 1.29 is 14.3 Å². The summed E-state index contributed by atoms with van der Waals surface area (Å²) in [5, 5.41) is 5.24. The largest absolute Gasteiger partial charge is 0.449 e. The van der Waals surface area contributed by atoms with Crippen molar-refractivity contribution in [2.45, 2.75) is 38.3 Å². The van der Waals surface area contributed by atoms with Crippen LogP contribution in [0.2, 0.25) is 10.0 Å². The molecule has 8 rings (SSSR count). The number of benzene rings is 3. The number of amides is 2. The fourth-order valence-corrected chi connectivity index (χ4v) is 7.72. The molecule has 10 nitrogen and oxygen atoms in total. The van der Waals surface area contributed by atoms with Crippen LogP contribution >= 0.6 is 23.2 Å². The number of ether oxygens (including phenoxy) is 1. The van der Waals surface area contributed by atoms with Gasteiger partial charge in [0.2, 0.25) is 0 Å². The van der Waals surface area contributed by atoms with E-state index >= 15 is 0 Å². The van der Waals surface area contributed by atoms with E-state index in [2.05, 4.69) is 26.7 Å². The minimum Gasteiger partial charge on any atom is -0.449 e. The first-order valence-electron chi connectivity index (χ1n) is 17.5. The van der Waals surface area contributed by atoms with Crippen molar-refractivity contribution in [1.82, 2.24) is 24.4 Å². The molecule has 1 atom stereocenters. The van der Waals surface area contributed by atoms with E-state index < -0.39 is 0 Å². The number of hydrogen-bond acceptors (Lipinski definition) is 6. The van der Waals surface area contributed by atoms with Gasteiger partial charge < -0.3 is 29.4 Å². The third kappa shape index (κ3) is 6.48. The molecule has 0 radical (unpaired) electrons. The number of nitrogens with one attached hydrogen (secondary N) is 2. The maximum atomic E-state index is 14.6. The van der Waals surface area contributed by atoms with Crippen LogP contribution in [-0.2, 0) is 4.74 Å². The second-order valence-electron chi connectivity index (χ2n) is 13.2. The normalized spacial score (nSPS) is 15.9. The van der Waals surface area contributed by atoms with Crippen LogP contribution in [0.1, 0.15) is 48.3 Å². The molecule has 0 unspecified atom stereocenters. The zero-order valence-electron chi connectivity index (χ0n) is 28.6. The summed E-state index contributed by atoms with van der Waals surface area (Å²) in [6.07, 6.45) is 5.75. The van der Waals surface area contributed by atoms with Gasteiger partial charge in [0.25, 0.3) is 5.91 Å². The van der Waals surface area contributed by atoms with Gasteiger partial charge in [0.1, 0.15) is 5.69 Å². The van der Waals surface area contributed by atoms with Crippen LogP contribution < -0.4 is 10.2 Å². The molecule has 3 aromatic heterocycles. The number of carbonyl (C=O) groups is 2. The minimum atomic E-state index is -0.326. The third-order valence-electron chi connectivity index (χ3n) is 10.1. The molecule has 52 heavy (non-hydrogen) atoms. The summed E-state index contributed by atoms with van der Waals surface area (Å²) in [5.74, 6) is 0.357. The number of carbonyl (C=O) groups excluding carboxylic acids is 2. The van der Waals surface area contributed by atoms with Crippen LogP contribution in [0.25, 0.3) is 33.4 Å². The van der Waals surface area contributed by atoms with Crippen LogP contribution in [0.5, 0.6) is 0 Å². The first-order chi connectivity index (χ1) is 25.4. The molecule has 3 aromatic carbocycles. The molecule has 0 aliphatic carbocycles. The Kier molecular flexibility index (Phi) is 9.34. The third-order valence-corrected chi connectivity index (χ3v) is 10.6. The number of anilines is 2. The number of aromatic amines is 1. The van der Waals surface area contributed by atoms with Crippen molar-refractivity contribution in [2.75, 3.05) is 36.5 Å². The quantitative estimate of drug-likeness (QED) is 0.162. The molecule has 12 heteroatoms. The van der Waals surface area contributed by atoms with Crippen LogP contribution in [0, 0.1) is 0 Å². The lowest BCUT2D eigenvalue weighted by Gasteiger charge is -2.40. The Morgan fingerprint density at radius 3 is 2.48 bits per heavy atom. The first-order valence-corrected chi connectivity index (χ1v) is 18.3. The van der Waals surface area contributed by atoms with Crippen molar-refractivity contribution in [3.8, 4) is 22.5 Å². The van der Waals surface area contributed by atoms with Gasteiger partial charge in [0, 0.05) is 63.9 Å². The lowest BCUT2D eigenvalue weighted by atomic mass is 9.99. The standard InChI is InChI=1S/C40H37Cl2N7O3/c1-25(26-10-12-28(41)13-11-26)49-24-44-35(27-7-3-2-4-8-27)37(49)34-31-15-14-29(42)23-33(31)45-36(34)39(50)46-32-9-5-18-43-38(32)47-20-16-30(17-21-47)48-19-6-22-52-40(48)51/h2-5,7-15,18,23-25,30,45H,6,16-17,19-22H2,1H3,(H,46,50)/t25-/m0/s1. The number of cyclic esters (lactones) is 1. The fourth-order valence-electron chi connectivity index (χ4n) is 7.42. The van der Waals surface area contributed by atoms with E-state index in [1.807, 2.05) is 96.2 Å². The van der Waals surface area contributed by atoms with Crippen molar-refractivity contribution in [1.29, 1.82) is 0 Å². The molecule has 0 saturated carbocycles. The topological polar surface area (TPSA) is 108 Å². The predicted molar refractivity (Wildman–Crippen MR) is 205 cm³/mol. The number of halogens is 2. The van der Waals surface area contributed by atoms with E-state index in [1.54, 1.807) is 6.20 Å². The van der Waals surface area contributed by atoms with E-state index in [9.17, 15) is 9.59 Å². The maximum absolute atomic E-state index is 14.6. The lowest BCUT2D eigenvalue weighted by molar-refractivity contribution is 0.0499. The van der Waals surface area contributed by atoms with Gasteiger partial charge in [0.15, 0.2) is 5.82 Å². The molecule has 264 valence electrons. The molecule has 0 spiro atoms. The molecule has 0 bridgehead atoms. The van der Waals surface area contributed by atoms with Gasteiger partial charge in [-0.1, -0.05) is 71.7 Å². The number of H-pyrrole nitrogens is 1. The van der Waals surface area contributed by atoms with Crippen molar-refractivity contribution in [2.24, 2.45) is 0 Å². The van der Waals surface area contributed by atoms with Gasteiger partial charge in [-0.15, -0.1) is 0 Å². The van der Waals surface area contributed by atoms with Crippen molar-refractivity contribution in [3.63, 3.8) is 0 Å². The summed E-state index contributed by atoms with van der Waals surface area (Å²) in [5.41, 5.74) is 5.90. The number of rotatable bonds is 8. The molecule has 2 N–H and O–H groups in total. The molecule has 2 amide bonds. The van der Waals surface area contributed by atoms with E-state index in [0.29, 0.717) is 52.5 Å². The molecule has 2 aliphatic rings. The average Bonchev–Trinajstić information content (AvgIpc) is 3.77. The van der Waals surface area contributed by atoms with Crippen molar-refractivity contribution in [3.05, 3.63) is 119 Å². The lowest BCUT2D eigenvalue weighted by Crippen LogP contribution is -2.50. The predicted octanol–water partition coefficient (Wildman–Crippen LogP) is 9.07. The van der Waals surface area contributed by atoms with Crippen LogP contribution in [-0.4, -0.2) is 68.7 Å². The number of aromatic nitrogens is 4. The summed E-state index contributed by atoms with van der Waals surface area (Å²) in [4.78, 5) is 44.1. The maximum Gasteiger partial charge on any atom is 0.410 e. The highest BCUT2D eigenvalue weighted by molar-refractivity contribution is 6.31. The second kappa shape index (κ2) is 14.4. The number of piperidine rings is 1. The summed E-state index contributed by atoms with van der Waals surface area (Å²) >= 11 is 12.8. The average molecular weight is 735 g/mol. The molecular weight excluding hydrogens is 697 g/mol. The monoisotopic (exact) mass is 733 g/mol. The number of fused-ring (bicyclic) bond motifs is 1. The van der Waals surface area contributed by atoms with E-state index in [0.717, 1.165) is 59.2 Å².